The number of aryl methyl sites for hydroxylation is 2. The number of halogens is 3. The Balaban J connectivity index is 1.70. The average molecular weight is 355 g/mol. The molecule has 1 aromatic rings. The molecule has 1 heterocycles. The Morgan fingerprint density at radius 2 is 1.80 bits per heavy atom. The Bertz CT molecular complexity index is 716. The summed E-state index contributed by atoms with van der Waals surface area (Å²) in [4.78, 5) is 24.8. The molecule has 4 nitrogen and oxygen atoms in total. The summed E-state index contributed by atoms with van der Waals surface area (Å²) in [6, 6.07) is 5.93. The fraction of sp³-hybridized carbons (Fsp3) is 0.556. The molecule has 0 aromatic heterocycles. The molecule has 0 spiro atoms. The lowest BCUT2D eigenvalue weighted by Gasteiger charge is -2.18. The van der Waals surface area contributed by atoms with Crippen LogP contribution >= 0.6 is 0 Å². The molecule has 1 N–H and O–H groups in total. The number of carbonyl (C=O) groups excluding carboxylic acids is 1. The van der Waals surface area contributed by atoms with Crippen LogP contribution in [0.4, 0.5) is 13.2 Å². The highest BCUT2D eigenvalue weighted by atomic mass is 19.4. The Labute approximate surface area is 143 Å². The first-order valence-corrected chi connectivity index (χ1v) is 8.25. The van der Waals surface area contributed by atoms with E-state index in [1.54, 1.807) is 0 Å². The van der Waals surface area contributed by atoms with Crippen molar-refractivity contribution in [2.24, 2.45) is 17.8 Å². The molecule has 1 aromatic carbocycles. The molecule has 2 fully saturated rings. The summed E-state index contributed by atoms with van der Waals surface area (Å²) < 4.78 is 39.1. The van der Waals surface area contributed by atoms with Crippen molar-refractivity contribution in [1.82, 2.24) is 4.90 Å². The van der Waals surface area contributed by atoms with Crippen LogP contribution in [0.3, 0.4) is 0 Å². The van der Waals surface area contributed by atoms with Crippen LogP contribution in [-0.4, -0.2) is 41.1 Å². The first-order valence-electron chi connectivity index (χ1n) is 8.25. The number of benzene rings is 1. The van der Waals surface area contributed by atoms with Crippen molar-refractivity contribution in [3.63, 3.8) is 0 Å². The number of aliphatic carboxylic acids is 1. The van der Waals surface area contributed by atoms with E-state index in [4.69, 9.17) is 5.11 Å². The zero-order valence-corrected chi connectivity index (χ0v) is 14.0. The van der Waals surface area contributed by atoms with Gasteiger partial charge in [-0.3, -0.25) is 9.59 Å². The minimum atomic E-state index is -4.62. The zero-order chi connectivity index (χ0) is 18.5. The predicted molar refractivity (Wildman–Crippen MR) is 84.0 cm³/mol. The number of hydrogen-bond donors (Lipinski definition) is 1. The molecule has 25 heavy (non-hydrogen) atoms. The molecule has 2 aliphatic rings. The summed E-state index contributed by atoms with van der Waals surface area (Å²) >= 11 is 0. The minimum absolute atomic E-state index is 0.0139. The van der Waals surface area contributed by atoms with E-state index in [1.807, 2.05) is 32.0 Å². The van der Waals surface area contributed by atoms with E-state index in [9.17, 15) is 22.8 Å². The number of carboxylic acid groups (broad SMARTS) is 1. The van der Waals surface area contributed by atoms with Crippen LogP contribution in [0.1, 0.15) is 29.0 Å². The molecule has 1 amide bonds. The number of amides is 1. The Hall–Kier alpha value is -2.05. The van der Waals surface area contributed by atoms with Gasteiger partial charge in [0.1, 0.15) is 0 Å². The van der Waals surface area contributed by atoms with Crippen LogP contribution < -0.4 is 0 Å². The molecule has 0 bridgehead atoms. The molecule has 3 rings (SSSR count). The topological polar surface area (TPSA) is 57.6 Å². The van der Waals surface area contributed by atoms with Crippen LogP contribution in [-0.2, 0) is 9.59 Å². The van der Waals surface area contributed by atoms with E-state index < -0.39 is 30.5 Å². The number of rotatable bonds is 3. The summed E-state index contributed by atoms with van der Waals surface area (Å²) in [7, 11) is 0. The number of carboxylic acids is 1. The molecule has 1 aliphatic heterocycles. The number of alkyl halides is 3. The maximum absolute atomic E-state index is 13.0. The van der Waals surface area contributed by atoms with Gasteiger partial charge in [0.05, 0.1) is 11.8 Å². The van der Waals surface area contributed by atoms with Gasteiger partial charge in [-0.25, -0.2) is 0 Å². The van der Waals surface area contributed by atoms with Crippen LogP contribution in [0.15, 0.2) is 18.2 Å². The highest BCUT2D eigenvalue weighted by molar-refractivity contribution is 5.84. The smallest absolute Gasteiger partial charge is 0.394 e. The van der Waals surface area contributed by atoms with Crippen LogP contribution in [0.5, 0.6) is 0 Å². The quantitative estimate of drug-likeness (QED) is 0.906. The van der Waals surface area contributed by atoms with Gasteiger partial charge in [-0.15, -0.1) is 0 Å². The zero-order valence-electron chi connectivity index (χ0n) is 14.0. The van der Waals surface area contributed by atoms with Crippen molar-refractivity contribution >= 4 is 11.9 Å². The summed E-state index contributed by atoms with van der Waals surface area (Å²) in [5.41, 5.74) is 3.27. The Kier molecular flexibility index (Phi) is 4.29. The van der Waals surface area contributed by atoms with E-state index in [0.29, 0.717) is 6.42 Å². The van der Waals surface area contributed by atoms with E-state index in [2.05, 4.69) is 0 Å². The molecule has 1 aliphatic carbocycles. The second-order valence-electron chi connectivity index (χ2n) is 7.13. The van der Waals surface area contributed by atoms with Crippen molar-refractivity contribution in [1.29, 1.82) is 0 Å². The standard InChI is InChI=1S/C18H20F3NO3/c1-9-3-4-11(5-10(9)2)12-6-13(12)16(23)22-7-14(17(24)25)15(8-22)18(19,20)21/h3-5,12-15H,6-8H2,1-2H3,(H,24,25)/t12-,13+,14+,15+/m0/s1. The minimum Gasteiger partial charge on any atom is -0.481 e. The van der Waals surface area contributed by atoms with Gasteiger partial charge in [0.25, 0.3) is 0 Å². The molecule has 136 valence electrons. The normalized spacial score (nSPS) is 28.9. The van der Waals surface area contributed by atoms with Gasteiger partial charge in [-0.2, -0.15) is 13.2 Å². The molecular weight excluding hydrogens is 335 g/mol. The lowest BCUT2D eigenvalue weighted by molar-refractivity contribution is -0.188. The van der Waals surface area contributed by atoms with Gasteiger partial charge in [0.2, 0.25) is 5.91 Å². The summed E-state index contributed by atoms with van der Waals surface area (Å²) in [5.74, 6) is -5.76. The molecule has 7 heteroatoms. The van der Waals surface area contributed by atoms with Gasteiger partial charge in [-0.05, 0) is 42.9 Å². The highest BCUT2D eigenvalue weighted by Crippen LogP contribution is 2.50. The van der Waals surface area contributed by atoms with E-state index in [-0.39, 0.29) is 24.3 Å². The monoisotopic (exact) mass is 355 g/mol. The molecule has 1 saturated heterocycles. The second-order valence-corrected chi connectivity index (χ2v) is 7.13. The predicted octanol–water partition coefficient (Wildman–Crippen LogP) is 3.13. The maximum Gasteiger partial charge on any atom is 0.394 e. The fourth-order valence-corrected chi connectivity index (χ4v) is 3.63. The third kappa shape index (κ3) is 3.37. The number of likely N-dealkylation sites (tertiary alicyclic amines) is 1. The molecule has 1 saturated carbocycles. The number of nitrogens with zero attached hydrogens (tertiary/aromatic N) is 1. The first kappa shape index (κ1) is 17.8. The summed E-state index contributed by atoms with van der Waals surface area (Å²) in [6.07, 6.45) is -4.01. The van der Waals surface area contributed by atoms with Gasteiger partial charge in [-0.1, -0.05) is 18.2 Å². The lowest BCUT2D eigenvalue weighted by atomic mass is 9.96. The molecule has 0 radical (unpaired) electrons. The largest absolute Gasteiger partial charge is 0.481 e. The van der Waals surface area contributed by atoms with Crippen LogP contribution in [0.2, 0.25) is 0 Å². The lowest BCUT2D eigenvalue weighted by Crippen LogP contribution is -2.34. The van der Waals surface area contributed by atoms with Gasteiger partial charge in [0, 0.05) is 19.0 Å². The Morgan fingerprint density at radius 1 is 1.12 bits per heavy atom. The summed E-state index contributed by atoms with van der Waals surface area (Å²) in [5, 5.41) is 9.05. The van der Waals surface area contributed by atoms with E-state index in [1.165, 1.54) is 0 Å². The Morgan fingerprint density at radius 3 is 2.32 bits per heavy atom. The van der Waals surface area contributed by atoms with E-state index >= 15 is 0 Å². The van der Waals surface area contributed by atoms with Crippen molar-refractivity contribution in [3.05, 3.63) is 34.9 Å². The van der Waals surface area contributed by atoms with Crippen molar-refractivity contribution < 1.29 is 27.9 Å². The molecule has 0 unspecified atom stereocenters. The highest BCUT2D eigenvalue weighted by Gasteiger charge is 2.56. The maximum atomic E-state index is 13.0. The SMILES string of the molecule is Cc1ccc([C@@H]2C[C@H]2C(=O)N2C[C@@H](C(F)(F)F)[C@H](C(=O)O)C2)cc1C. The van der Waals surface area contributed by atoms with Gasteiger partial charge in [0.15, 0.2) is 0 Å². The van der Waals surface area contributed by atoms with Gasteiger partial charge >= 0.3 is 12.1 Å². The third-order valence-electron chi connectivity index (χ3n) is 5.44. The van der Waals surface area contributed by atoms with Crippen molar-refractivity contribution in [3.8, 4) is 0 Å². The average Bonchev–Trinajstić information content (AvgIpc) is 3.16. The molecule has 4 atom stereocenters. The van der Waals surface area contributed by atoms with Crippen LogP contribution in [0.25, 0.3) is 0 Å². The van der Waals surface area contributed by atoms with Crippen molar-refractivity contribution in [2.75, 3.05) is 13.1 Å². The van der Waals surface area contributed by atoms with E-state index in [0.717, 1.165) is 21.6 Å². The van der Waals surface area contributed by atoms with Crippen LogP contribution in [0, 0.1) is 31.6 Å². The summed E-state index contributed by atoms with van der Waals surface area (Å²) in [6.45, 7) is 3.04. The first-order chi connectivity index (χ1) is 11.6. The number of carbonyl (C=O) groups is 2. The van der Waals surface area contributed by atoms with Gasteiger partial charge < -0.3 is 10.0 Å². The van der Waals surface area contributed by atoms with Crippen molar-refractivity contribution in [2.45, 2.75) is 32.4 Å². The second kappa shape index (κ2) is 6.04. The fourth-order valence-electron chi connectivity index (χ4n) is 3.63. The molecular formula is C18H20F3NO3. The third-order valence-corrected chi connectivity index (χ3v) is 5.44. The number of hydrogen-bond acceptors (Lipinski definition) is 2.